The maximum Gasteiger partial charge on any atom is 0.256 e. The van der Waals surface area contributed by atoms with Gasteiger partial charge in [-0.3, -0.25) is 14.7 Å². The molecule has 2 aromatic heterocycles. The summed E-state index contributed by atoms with van der Waals surface area (Å²) in [4.78, 5) is 33.1. The van der Waals surface area contributed by atoms with Crippen molar-refractivity contribution in [3.63, 3.8) is 0 Å². The minimum Gasteiger partial charge on any atom is -0.394 e. The van der Waals surface area contributed by atoms with Crippen molar-refractivity contribution in [3.8, 4) is 11.5 Å². The summed E-state index contributed by atoms with van der Waals surface area (Å²) in [6.07, 6.45) is 1.53. The van der Waals surface area contributed by atoms with Crippen molar-refractivity contribution >= 4 is 28.5 Å². The van der Waals surface area contributed by atoms with Gasteiger partial charge in [0.1, 0.15) is 5.69 Å². The van der Waals surface area contributed by atoms with E-state index in [4.69, 9.17) is 9.84 Å². The van der Waals surface area contributed by atoms with Gasteiger partial charge in [0.25, 0.3) is 11.8 Å². The quantitative estimate of drug-likeness (QED) is 0.242. The van der Waals surface area contributed by atoms with E-state index in [1.807, 2.05) is 32.0 Å². The Bertz CT molecular complexity index is 1310. The zero-order valence-electron chi connectivity index (χ0n) is 18.9. The number of hydrogen-bond donors (Lipinski definition) is 5. The molecule has 5 N–H and O–H groups in total. The molecule has 0 unspecified atom stereocenters. The Morgan fingerprint density at radius 1 is 1.09 bits per heavy atom. The highest BCUT2D eigenvalue weighted by molar-refractivity contribution is 6.07. The van der Waals surface area contributed by atoms with Crippen LogP contribution in [0.3, 0.4) is 0 Å². The summed E-state index contributed by atoms with van der Waals surface area (Å²) in [6.45, 7) is 4.63. The third-order valence-corrected chi connectivity index (χ3v) is 5.34. The lowest BCUT2D eigenvalue weighted by atomic mass is 10.0. The maximum atomic E-state index is 12.9. The number of aliphatic hydroxyl groups excluding tert-OH is 1. The van der Waals surface area contributed by atoms with Crippen LogP contribution >= 0.6 is 0 Å². The Morgan fingerprint density at radius 2 is 1.88 bits per heavy atom. The second-order valence-corrected chi connectivity index (χ2v) is 7.79. The van der Waals surface area contributed by atoms with Gasteiger partial charge in [-0.25, -0.2) is 4.98 Å². The lowest BCUT2D eigenvalue weighted by molar-refractivity contribution is 0.0838. The second-order valence-electron chi connectivity index (χ2n) is 7.79. The lowest BCUT2D eigenvalue weighted by Gasteiger charge is -2.10. The molecule has 4 rings (SSSR count). The Labute approximate surface area is 195 Å². The van der Waals surface area contributed by atoms with Crippen LogP contribution in [0.5, 0.6) is 0 Å². The first kappa shape index (κ1) is 23.1. The van der Waals surface area contributed by atoms with E-state index in [2.05, 4.69) is 30.8 Å². The molecule has 2 aromatic carbocycles. The van der Waals surface area contributed by atoms with Crippen LogP contribution in [0, 0.1) is 13.8 Å². The van der Waals surface area contributed by atoms with Crippen LogP contribution in [0.4, 0.5) is 5.69 Å². The number of anilines is 1. The van der Waals surface area contributed by atoms with E-state index in [1.165, 1.54) is 6.20 Å². The van der Waals surface area contributed by atoms with E-state index < -0.39 is 0 Å². The fourth-order valence-electron chi connectivity index (χ4n) is 3.69. The van der Waals surface area contributed by atoms with Crippen molar-refractivity contribution in [1.82, 2.24) is 25.5 Å². The highest BCUT2D eigenvalue weighted by Gasteiger charge is 2.18. The molecule has 0 fully saturated rings. The average molecular weight is 463 g/mol. The van der Waals surface area contributed by atoms with Gasteiger partial charge >= 0.3 is 0 Å². The Morgan fingerprint density at radius 3 is 2.65 bits per heavy atom. The fourth-order valence-corrected chi connectivity index (χ4v) is 3.69. The van der Waals surface area contributed by atoms with Crippen molar-refractivity contribution in [3.05, 3.63) is 64.8 Å². The summed E-state index contributed by atoms with van der Waals surface area (Å²) in [5.41, 5.74) is 5.22. The zero-order valence-corrected chi connectivity index (χ0v) is 18.9. The molecule has 0 radical (unpaired) electrons. The summed E-state index contributed by atoms with van der Waals surface area (Å²) in [5.74, 6) is 0.0179. The lowest BCUT2D eigenvalue weighted by Crippen LogP contribution is -2.27. The van der Waals surface area contributed by atoms with Gasteiger partial charge in [-0.1, -0.05) is 18.2 Å². The highest BCUT2D eigenvalue weighted by atomic mass is 16.5. The predicted molar refractivity (Wildman–Crippen MR) is 128 cm³/mol. The molecular weight excluding hydrogens is 436 g/mol. The van der Waals surface area contributed by atoms with Crippen molar-refractivity contribution < 1.29 is 19.4 Å². The van der Waals surface area contributed by atoms with Crippen LogP contribution in [0.1, 0.15) is 31.8 Å². The molecule has 0 aliphatic rings. The minimum atomic E-state index is -0.242. The minimum absolute atomic E-state index is 0.0555. The summed E-state index contributed by atoms with van der Waals surface area (Å²) in [5, 5.41) is 21.3. The SMILES string of the molecule is Cc1cccc(C)c1C(=O)Nc1cn[nH]c1-c1nc2ccc(C(=O)NCCOCCO)cc2[nH]1. The normalized spacial score (nSPS) is 11.0. The topological polar surface area (TPSA) is 145 Å². The van der Waals surface area contributed by atoms with Crippen molar-refractivity contribution in [2.45, 2.75) is 13.8 Å². The van der Waals surface area contributed by atoms with Crippen LogP contribution < -0.4 is 10.6 Å². The van der Waals surface area contributed by atoms with E-state index in [1.54, 1.807) is 18.2 Å². The number of benzene rings is 2. The van der Waals surface area contributed by atoms with Gasteiger partial charge in [0.2, 0.25) is 0 Å². The number of nitrogens with zero attached hydrogens (tertiary/aromatic N) is 2. The standard InChI is InChI=1S/C24H26N6O4/c1-14-4-3-5-15(2)20(14)24(33)29-19-13-26-30-21(19)22-27-17-7-6-16(12-18(17)28-22)23(32)25-8-10-34-11-9-31/h3-7,12-13,31H,8-11H2,1-2H3,(H,25,32)(H,26,30)(H,27,28)(H,29,33). The van der Waals surface area contributed by atoms with Crippen molar-refractivity contribution in [1.29, 1.82) is 0 Å². The fraction of sp³-hybridized carbons (Fsp3) is 0.250. The first-order valence-electron chi connectivity index (χ1n) is 10.9. The smallest absolute Gasteiger partial charge is 0.256 e. The Hall–Kier alpha value is -4.02. The zero-order chi connectivity index (χ0) is 24.1. The van der Waals surface area contributed by atoms with Crippen molar-refractivity contribution in [2.24, 2.45) is 0 Å². The average Bonchev–Trinajstić information content (AvgIpc) is 3.44. The monoisotopic (exact) mass is 462 g/mol. The van der Waals surface area contributed by atoms with Crippen molar-refractivity contribution in [2.75, 3.05) is 31.7 Å². The molecule has 34 heavy (non-hydrogen) atoms. The molecule has 176 valence electrons. The Balaban J connectivity index is 1.51. The number of imidazole rings is 1. The predicted octanol–water partition coefficient (Wildman–Crippen LogP) is 2.56. The molecule has 0 aliphatic heterocycles. The molecule has 0 saturated heterocycles. The molecule has 0 saturated carbocycles. The molecule has 4 aromatic rings. The number of aryl methyl sites for hydroxylation is 2. The summed E-state index contributed by atoms with van der Waals surface area (Å²) >= 11 is 0. The van der Waals surface area contributed by atoms with E-state index in [0.29, 0.717) is 52.5 Å². The van der Waals surface area contributed by atoms with Gasteiger partial charge in [0.15, 0.2) is 5.82 Å². The first-order valence-corrected chi connectivity index (χ1v) is 10.9. The number of carbonyl (C=O) groups is 2. The van der Waals surface area contributed by atoms with Gasteiger partial charge in [0, 0.05) is 17.7 Å². The van der Waals surface area contributed by atoms with Gasteiger partial charge < -0.3 is 25.5 Å². The van der Waals surface area contributed by atoms with Gasteiger partial charge in [0.05, 0.1) is 42.7 Å². The van der Waals surface area contributed by atoms with Gasteiger partial charge in [-0.05, 0) is 43.2 Å². The van der Waals surface area contributed by atoms with Gasteiger partial charge in [-0.15, -0.1) is 0 Å². The maximum absolute atomic E-state index is 12.9. The van der Waals surface area contributed by atoms with E-state index in [0.717, 1.165) is 11.1 Å². The van der Waals surface area contributed by atoms with Crippen LogP contribution in [-0.2, 0) is 4.74 Å². The first-order chi connectivity index (χ1) is 16.5. The molecule has 0 spiro atoms. The number of carbonyl (C=O) groups excluding carboxylic acids is 2. The third-order valence-electron chi connectivity index (χ3n) is 5.34. The molecule has 0 bridgehead atoms. The number of H-pyrrole nitrogens is 2. The largest absolute Gasteiger partial charge is 0.394 e. The van der Waals surface area contributed by atoms with E-state index in [9.17, 15) is 9.59 Å². The molecule has 0 aliphatic carbocycles. The third kappa shape index (κ3) is 4.98. The molecule has 0 atom stereocenters. The molecule has 10 heteroatoms. The highest BCUT2D eigenvalue weighted by Crippen LogP contribution is 2.27. The van der Waals surface area contributed by atoms with E-state index in [-0.39, 0.29) is 25.0 Å². The van der Waals surface area contributed by atoms with Crippen LogP contribution in [0.2, 0.25) is 0 Å². The number of aliphatic hydroxyl groups is 1. The molecule has 10 nitrogen and oxygen atoms in total. The second kappa shape index (κ2) is 10.3. The molecule has 2 amide bonds. The molecule has 2 heterocycles. The summed E-state index contributed by atoms with van der Waals surface area (Å²) in [7, 11) is 0. The summed E-state index contributed by atoms with van der Waals surface area (Å²) in [6, 6.07) is 10.9. The number of amides is 2. The van der Waals surface area contributed by atoms with Crippen LogP contribution in [0.15, 0.2) is 42.6 Å². The number of ether oxygens (including phenoxy) is 1. The number of nitrogens with one attached hydrogen (secondary N) is 4. The number of fused-ring (bicyclic) bond motifs is 1. The number of rotatable bonds is 9. The number of hydrogen-bond acceptors (Lipinski definition) is 6. The Kier molecular flexibility index (Phi) is 7.00. The van der Waals surface area contributed by atoms with Gasteiger partial charge in [-0.2, -0.15) is 5.10 Å². The number of aromatic nitrogens is 4. The molecular formula is C24H26N6O4. The van der Waals surface area contributed by atoms with Crippen LogP contribution in [-0.4, -0.2) is 63.5 Å². The van der Waals surface area contributed by atoms with E-state index >= 15 is 0 Å². The van der Waals surface area contributed by atoms with Crippen LogP contribution in [0.25, 0.3) is 22.6 Å². The summed E-state index contributed by atoms with van der Waals surface area (Å²) < 4.78 is 5.14. The number of aromatic amines is 2.